The predicted molar refractivity (Wildman–Crippen MR) is 111 cm³/mol. The summed E-state index contributed by atoms with van der Waals surface area (Å²) in [4.78, 5) is 35.6. The van der Waals surface area contributed by atoms with Gasteiger partial charge in [-0.25, -0.2) is 4.79 Å². The number of carbonyl (C=O) groups is 3. The van der Waals surface area contributed by atoms with Gasteiger partial charge in [0, 0.05) is 17.7 Å². The van der Waals surface area contributed by atoms with Crippen molar-refractivity contribution < 1.29 is 23.9 Å². The summed E-state index contributed by atoms with van der Waals surface area (Å²) in [6.07, 6.45) is 1.38. The average Bonchev–Trinajstić information content (AvgIpc) is 2.75. The highest BCUT2D eigenvalue weighted by Gasteiger charge is 2.13. The molecule has 0 spiro atoms. The number of hydrogen-bond acceptors (Lipinski definition) is 5. The van der Waals surface area contributed by atoms with Crippen molar-refractivity contribution in [1.29, 1.82) is 0 Å². The van der Waals surface area contributed by atoms with Gasteiger partial charge in [-0.05, 0) is 48.2 Å². The van der Waals surface area contributed by atoms with Crippen molar-refractivity contribution in [3.05, 3.63) is 59.7 Å². The van der Waals surface area contributed by atoms with Crippen molar-refractivity contribution >= 4 is 23.3 Å². The first-order valence-corrected chi connectivity index (χ1v) is 9.75. The topological polar surface area (TPSA) is 81.7 Å². The molecule has 0 radical (unpaired) electrons. The van der Waals surface area contributed by atoms with Crippen LogP contribution in [-0.4, -0.2) is 30.9 Å². The number of Topliss-reactive ketones (excluding diaryl/α,β-unsaturated/α-hetero) is 1. The third-order valence-corrected chi connectivity index (χ3v) is 4.60. The summed E-state index contributed by atoms with van der Waals surface area (Å²) >= 11 is 0. The second-order valence-corrected chi connectivity index (χ2v) is 6.70. The zero-order chi connectivity index (χ0) is 21.2. The number of benzene rings is 2. The molecule has 0 aliphatic carbocycles. The van der Waals surface area contributed by atoms with E-state index in [-0.39, 0.29) is 19.0 Å². The number of ether oxygens (including phenoxy) is 2. The molecule has 0 bridgehead atoms. The minimum Gasteiger partial charge on any atom is -0.482 e. The third kappa shape index (κ3) is 6.75. The van der Waals surface area contributed by atoms with Crippen LogP contribution in [0.5, 0.6) is 5.75 Å². The maximum atomic E-state index is 12.1. The number of nitrogens with one attached hydrogen (secondary N) is 1. The van der Waals surface area contributed by atoms with Crippen LogP contribution in [0.2, 0.25) is 0 Å². The number of carbonyl (C=O) groups excluding carboxylic acids is 3. The summed E-state index contributed by atoms with van der Waals surface area (Å²) in [5, 5.41) is 2.79. The van der Waals surface area contributed by atoms with Crippen molar-refractivity contribution in [3.8, 4) is 5.75 Å². The monoisotopic (exact) mass is 397 g/mol. The van der Waals surface area contributed by atoms with E-state index >= 15 is 0 Å². The predicted octanol–water partition coefficient (Wildman–Crippen LogP) is 4.35. The molecule has 1 amide bonds. The number of hydrogen-bond donors (Lipinski definition) is 1. The molecule has 6 heteroatoms. The van der Waals surface area contributed by atoms with E-state index in [9.17, 15) is 14.4 Å². The van der Waals surface area contributed by atoms with Crippen LogP contribution >= 0.6 is 0 Å². The molecule has 1 atom stereocenters. The first kappa shape index (κ1) is 22.1. The van der Waals surface area contributed by atoms with Crippen molar-refractivity contribution in [3.63, 3.8) is 0 Å². The average molecular weight is 397 g/mol. The zero-order valence-corrected chi connectivity index (χ0v) is 17.1. The highest BCUT2D eigenvalue weighted by molar-refractivity contribution is 5.96. The number of amides is 1. The van der Waals surface area contributed by atoms with Crippen LogP contribution in [0.25, 0.3) is 0 Å². The van der Waals surface area contributed by atoms with Crippen LogP contribution in [0.15, 0.2) is 48.5 Å². The molecule has 0 heterocycles. The minimum absolute atomic E-state index is 0.0388. The maximum Gasteiger partial charge on any atom is 0.344 e. The zero-order valence-electron chi connectivity index (χ0n) is 17.1. The van der Waals surface area contributed by atoms with Gasteiger partial charge in [0.2, 0.25) is 0 Å². The molecule has 0 aromatic heterocycles. The summed E-state index contributed by atoms with van der Waals surface area (Å²) in [5.41, 5.74) is 2.36. The SMILES string of the molecule is CCC(=O)c1ccc(OCC(=O)OCC(=O)Nc2ccccc2[C@H](C)CC)cc1. The Morgan fingerprint density at radius 3 is 2.31 bits per heavy atom. The molecule has 6 nitrogen and oxygen atoms in total. The lowest BCUT2D eigenvalue weighted by Gasteiger charge is -2.15. The van der Waals surface area contributed by atoms with Crippen LogP contribution in [0, 0.1) is 0 Å². The van der Waals surface area contributed by atoms with E-state index in [0.717, 1.165) is 17.7 Å². The van der Waals surface area contributed by atoms with E-state index in [2.05, 4.69) is 19.2 Å². The van der Waals surface area contributed by atoms with Gasteiger partial charge in [-0.15, -0.1) is 0 Å². The fourth-order valence-corrected chi connectivity index (χ4v) is 2.72. The standard InChI is InChI=1S/C23H27NO5/c1-4-16(3)19-8-6-7-9-20(19)24-22(26)14-29-23(27)15-28-18-12-10-17(11-13-18)21(25)5-2/h6-13,16H,4-5,14-15H2,1-3H3,(H,24,26)/t16-/m1/s1. The van der Waals surface area contributed by atoms with Crippen molar-refractivity contribution in [2.24, 2.45) is 0 Å². The molecule has 2 rings (SSSR count). The largest absolute Gasteiger partial charge is 0.482 e. The van der Waals surface area contributed by atoms with Gasteiger partial charge in [-0.3, -0.25) is 9.59 Å². The van der Waals surface area contributed by atoms with Gasteiger partial charge >= 0.3 is 5.97 Å². The Morgan fingerprint density at radius 2 is 1.66 bits per heavy atom. The van der Waals surface area contributed by atoms with E-state index < -0.39 is 11.9 Å². The van der Waals surface area contributed by atoms with Crippen LogP contribution in [0.4, 0.5) is 5.69 Å². The third-order valence-electron chi connectivity index (χ3n) is 4.60. The Labute approximate surface area is 171 Å². The molecular formula is C23H27NO5. The van der Waals surface area contributed by atoms with Gasteiger partial charge in [0.05, 0.1) is 0 Å². The Kier molecular flexibility index (Phi) is 8.40. The van der Waals surface area contributed by atoms with Crippen LogP contribution in [-0.2, 0) is 14.3 Å². The molecular weight excluding hydrogens is 370 g/mol. The van der Waals surface area contributed by atoms with Gasteiger partial charge < -0.3 is 14.8 Å². The highest BCUT2D eigenvalue weighted by atomic mass is 16.6. The van der Waals surface area contributed by atoms with E-state index in [1.165, 1.54) is 0 Å². The van der Waals surface area contributed by atoms with E-state index in [4.69, 9.17) is 9.47 Å². The lowest BCUT2D eigenvalue weighted by Crippen LogP contribution is -2.24. The molecule has 2 aromatic rings. The first-order chi connectivity index (χ1) is 13.9. The van der Waals surface area contributed by atoms with E-state index in [1.807, 2.05) is 24.3 Å². The lowest BCUT2D eigenvalue weighted by molar-refractivity contribution is -0.149. The summed E-state index contributed by atoms with van der Waals surface area (Å²) in [5.74, 6) is -0.263. The van der Waals surface area contributed by atoms with Gasteiger partial charge in [0.15, 0.2) is 19.0 Å². The number of para-hydroxylation sites is 1. The summed E-state index contributed by atoms with van der Waals surface area (Å²) < 4.78 is 10.3. The Balaban J connectivity index is 1.79. The molecule has 0 saturated heterocycles. The molecule has 1 N–H and O–H groups in total. The van der Waals surface area contributed by atoms with E-state index in [1.54, 1.807) is 31.2 Å². The quantitative estimate of drug-likeness (QED) is 0.476. The summed E-state index contributed by atoms with van der Waals surface area (Å²) in [6.45, 7) is 5.26. The molecule has 2 aromatic carbocycles. The Bertz CT molecular complexity index is 845. The summed E-state index contributed by atoms with van der Waals surface area (Å²) in [6, 6.07) is 14.1. The van der Waals surface area contributed by atoms with Crippen molar-refractivity contribution in [1.82, 2.24) is 0 Å². The number of rotatable bonds is 10. The smallest absolute Gasteiger partial charge is 0.344 e. The van der Waals surface area contributed by atoms with Gasteiger partial charge in [-0.2, -0.15) is 0 Å². The second kappa shape index (κ2) is 11.0. The number of ketones is 1. The number of anilines is 1. The first-order valence-electron chi connectivity index (χ1n) is 9.75. The minimum atomic E-state index is -0.649. The van der Waals surface area contributed by atoms with Crippen LogP contribution in [0.3, 0.4) is 0 Å². The molecule has 0 aliphatic rings. The molecule has 0 saturated carbocycles. The van der Waals surface area contributed by atoms with Gasteiger partial charge in [-0.1, -0.05) is 39.0 Å². The fraction of sp³-hybridized carbons (Fsp3) is 0.348. The second-order valence-electron chi connectivity index (χ2n) is 6.70. The molecule has 0 fully saturated rings. The maximum absolute atomic E-state index is 12.1. The van der Waals surface area contributed by atoms with E-state index in [0.29, 0.717) is 23.7 Å². The highest BCUT2D eigenvalue weighted by Crippen LogP contribution is 2.26. The summed E-state index contributed by atoms with van der Waals surface area (Å²) in [7, 11) is 0. The Morgan fingerprint density at radius 1 is 0.966 bits per heavy atom. The van der Waals surface area contributed by atoms with Gasteiger partial charge in [0.25, 0.3) is 5.91 Å². The molecule has 0 unspecified atom stereocenters. The fourth-order valence-electron chi connectivity index (χ4n) is 2.72. The lowest BCUT2D eigenvalue weighted by atomic mass is 9.97. The van der Waals surface area contributed by atoms with Gasteiger partial charge in [0.1, 0.15) is 5.75 Å². The molecule has 0 aliphatic heterocycles. The Hall–Kier alpha value is -3.15. The van der Waals surface area contributed by atoms with Crippen LogP contribution < -0.4 is 10.1 Å². The van der Waals surface area contributed by atoms with Crippen LogP contribution in [0.1, 0.15) is 55.5 Å². The molecule has 29 heavy (non-hydrogen) atoms. The van der Waals surface area contributed by atoms with Crippen molar-refractivity contribution in [2.45, 2.75) is 39.5 Å². The van der Waals surface area contributed by atoms with Crippen molar-refractivity contribution in [2.75, 3.05) is 18.5 Å². The molecule has 154 valence electrons. The normalized spacial score (nSPS) is 11.4. The number of esters is 1.